The zero-order valence-corrected chi connectivity index (χ0v) is 18.5. The Bertz CT molecular complexity index is 916. The van der Waals surface area contributed by atoms with Gasteiger partial charge in [-0.3, -0.25) is 4.79 Å². The van der Waals surface area contributed by atoms with Crippen molar-refractivity contribution < 1.29 is 9.53 Å². The molecule has 1 heterocycles. The van der Waals surface area contributed by atoms with Crippen LogP contribution in [0.25, 0.3) is 0 Å². The van der Waals surface area contributed by atoms with Crippen molar-refractivity contribution in [2.45, 2.75) is 36.2 Å². The number of carbonyl (C=O) groups is 1. The molecule has 31 heavy (non-hydrogen) atoms. The minimum absolute atomic E-state index is 0.00434. The average molecular weight is 432 g/mol. The standard InChI is InChI=1S/C27H29NO2S/c29-27(25-15-7-8-16-26(25)31-20-23-14-9-19-30-23)28-18-17-24(21-10-3-1-4-11-21)22-12-5-2-6-13-22/h1-8,10-13,15-16,23-24H,9,14,17-20H2,(H,28,29). The number of hydrogen-bond donors (Lipinski definition) is 1. The van der Waals surface area contributed by atoms with Crippen LogP contribution in [0.15, 0.2) is 89.8 Å². The zero-order chi connectivity index (χ0) is 21.3. The molecule has 1 amide bonds. The van der Waals surface area contributed by atoms with Crippen molar-refractivity contribution in [3.05, 3.63) is 102 Å². The summed E-state index contributed by atoms with van der Waals surface area (Å²) in [6.07, 6.45) is 3.41. The smallest absolute Gasteiger partial charge is 0.252 e. The van der Waals surface area contributed by atoms with Crippen LogP contribution in [0.5, 0.6) is 0 Å². The molecule has 1 atom stereocenters. The Hall–Kier alpha value is -2.56. The normalized spacial score (nSPS) is 15.8. The predicted molar refractivity (Wildman–Crippen MR) is 128 cm³/mol. The zero-order valence-electron chi connectivity index (χ0n) is 17.7. The fourth-order valence-electron chi connectivity index (χ4n) is 4.06. The lowest BCUT2D eigenvalue weighted by molar-refractivity contribution is 0.0949. The lowest BCUT2D eigenvalue weighted by Gasteiger charge is -2.19. The Labute approximate surface area is 189 Å². The molecule has 4 rings (SSSR count). The topological polar surface area (TPSA) is 38.3 Å². The van der Waals surface area contributed by atoms with Gasteiger partial charge in [0.1, 0.15) is 0 Å². The van der Waals surface area contributed by atoms with Gasteiger partial charge in [-0.1, -0.05) is 72.8 Å². The summed E-state index contributed by atoms with van der Waals surface area (Å²) in [6, 6.07) is 28.9. The molecule has 0 spiro atoms. The number of rotatable bonds is 9. The third-order valence-corrected chi connectivity index (χ3v) is 6.91. The van der Waals surface area contributed by atoms with Gasteiger partial charge in [0, 0.05) is 29.7 Å². The van der Waals surface area contributed by atoms with Crippen LogP contribution in [0.4, 0.5) is 0 Å². The van der Waals surface area contributed by atoms with Gasteiger partial charge in [-0.05, 0) is 42.5 Å². The molecule has 0 saturated carbocycles. The highest BCUT2D eigenvalue weighted by Gasteiger charge is 2.19. The summed E-state index contributed by atoms with van der Waals surface area (Å²) in [4.78, 5) is 14.0. The van der Waals surface area contributed by atoms with Crippen LogP contribution in [0.2, 0.25) is 0 Å². The maximum Gasteiger partial charge on any atom is 0.252 e. The van der Waals surface area contributed by atoms with Crippen molar-refractivity contribution in [1.29, 1.82) is 0 Å². The molecule has 0 bridgehead atoms. The number of thioether (sulfide) groups is 1. The van der Waals surface area contributed by atoms with E-state index in [9.17, 15) is 4.79 Å². The minimum atomic E-state index is -0.00434. The van der Waals surface area contributed by atoms with Crippen LogP contribution in [0.3, 0.4) is 0 Å². The molecule has 3 aromatic rings. The molecule has 1 unspecified atom stereocenters. The largest absolute Gasteiger partial charge is 0.377 e. The molecule has 1 N–H and O–H groups in total. The summed E-state index contributed by atoms with van der Waals surface area (Å²) in [5.41, 5.74) is 3.30. The van der Waals surface area contributed by atoms with E-state index < -0.39 is 0 Å². The quantitative estimate of drug-likeness (QED) is 0.428. The number of nitrogens with one attached hydrogen (secondary N) is 1. The van der Waals surface area contributed by atoms with Gasteiger partial charge in [0.05, 0.1) is 11.7 Å². The van der Waals surface area contributed by atoms with Crippen LogP contribution in [-0.4, -0.2) is 30.9 Å². The molecule has 1 saturated heterocycles. The molecular weight excluding hydrogens is 402 g/mol. The van der Waals surface area contributed by atoms with E-state index in [-0.39, 0.29) is 11.8 Å². The Balaban J connectivity index is 1.38. The molecule has 4 heteroatoms. The van der Waals surface area contributed by atoms with Gasteiger partial charge >= 0.3 is 0 Å². The lowest BCUT2D eigenvalue weighted by atomic mass is 9.88. The highest BCUT2D eigenvalue weighted by atomic mass is 32.2. The molecule has 1 aliphatic heterocycles. The highest BCUT2D eigenvalue weighted by Crippen LogP contribution is 2.28. The Kier molecular flexibility index (Phi) is 7.81. The number of amides is 1. The van der Waals surface area contributed by atoms with Gasteiger partial charge in [-0.2, -0.15) is 0 Å². The Morgan fingerprint density at radius 3 is 2.23 bits per heavy atom. The van der Waals surface area contributed by atoms with Gasteiger partial charge in [0.15, 0.2) is 0 Å². The van der Waals surface area contributed by atoms with Gasteiger partial charge in [0.2, 0.25) is 0 Å². The number of carbonyl (C=O) groups excluding carboxylic acids is 1. The molecule has 1 aliphatic rings. The molecule has 0 aromatic heterocycles. The van der Waals surface area contributed by atoms with Crippen LogP contribution in [-0.2, 0) is 4.74 Å². The van der Waals surface area contributed by atoms with E-state index >= 15 is 0 Å². The Morgan fingerprint density at radius 2 is 1.58 bits per heavy atom. The second-order valence-electron chi connectivity index (χ2n) is 7.86. The van der Waals surface area contributed by atoms with Crippen molar-refractivity contribution in [2.24, 2.45) is 0 Å². The molecule has 3 aromatic carbocycles. The number of hydrogen-bond acceptors (Lipinski definition) is 3. The predicted octanol–water partition coefficient (Wildman–Crippen LogP) is 5.91. The lowest BCUT2D eigenvalue weighted by Crippen LogP contribution is -2.26. The Morgan fingerprint density at radius 1 is 0.935 bits per heavy atom. The van der Waals surface area contributed by atoms with Crippen molar-refractivity contribution in [1.82, 2.24) is 5.32 Å². The van der Waals surface area contributed by atoms with Crippen molar-refractivity contribution >= 4 is 17.7 Å². The van der Waals surface area contributed by atoms with E-state index in [0.717, 1.165) is 42.1 Å². The SMILES string of the molecule is O=C(NCCC(c1ccccc1)c1ccccc1)c1ccccc1SCC1CCCO1. The first kappa shape index (κ1) is 21.7. The third-order valence-electron chi connectivity index (χ3n) is 5.70. The fourth-order valence-corrected chi connectivity index (χ4v) is 5.18. The first-order valence-electron chi connectivity index (χ1n) is 11.0. The van der Waals surface area contributed by atoms with Crippen molar-refractivity contribution in [3.8, 4) is 0 Å². The van der Waals surface area contributed by atoms with E-state index in [1.54, 1.807) is 11.8 Å². The maximum absolute atomic E-state index is 13.0. The van der Waals surface area contributed by atoms with E-state index in [4.69, 9.17) is 4.74 Å². The molecule has 0 aliphatic carbocycles. The average Bonchev–Trinajstić information content (AvgIpc) is 3.35. The molecule has 3 nitrogen and oxygen atoms in total. The second-order valence-corrected chi connectivity index (χ2v) is 8.92. The molecule has 0 radical (unpaired) electrons. The van der Waals surface area contributed by atoms with Gasteiger partial charge in [0.25, 0.3) is 5.91 Å². The van der Waals surface area contributed by atoms with Crippen molar-refractivity contribution in [2.75, 3.05) is 18.9 Å². The van der Waals surface area contributed by atoms with Gasteiger partial charge in [-0.15, -0.1) is 11.8 Å². The summed E-state index contributed by atoms with van der Waals surface area (Å²) in [5.74, 6) is 1.15. The summed E-state index contributed by atoms with van der Waals surface area (Å²) in [7, 11) is 0. The van der Waals surface area contributed by atoms with E-state index in [0.29, 0.717) is 12.6 Å². The van der Waals surface area contributed by atoms with E-state index in [2.05, 4.69) is 53.8 Å². The van der Waals surface area contributed by atoms with Crippen LogP contribution < -0.4 is 5.32 Å². The molecular formula is C27H29NO2S. The summed E-state index contributed by atoms with van der Waals surface area (Å²) in [5, 5.41) is 3.15. The monoisotopic (exact) mass is 431 g/mol. The van der Waals surface area contributed by atoms with Gasteiger partial charge in [-0.25, -0.2) is 0 Å². The summed E-state index contributed by atoms with van der Waals surface area (Å²) < 4.78 is 5.73. The maximum atomic E-state index is 13.0. The molecule has 160 valence electrons. The third kappa shape index (κ3) is 5.99. The first-order valence-corrected chi connectivity index (χ1v) is 12.0. The second kappa shape index (κ2) is 11.2. The van der Waals surface area contributed by atoms with Crippen LogP contribution >= 0.6 is 11.8 Å². The first-order chi connectivity index (χ1) is 15.3. The number of ether oxygens (including phenoxy) is 1. The fraction of sp³-hybridized carbons (Fsp3) is 0.296. The van der Waals surface area contributed by atoms with E-state index in [1.165, 1.54) is 11.1 Å². The van der Waals surface area contributed by atoms with Gasteiger partial charge < -0.3 is 10.1 Å². The van der Waals surface area contributed by atoms with Crippen LogP contribution in [0, 0.1) is 0 Å². The number of benzene rings is 3. The minimum Gasteiger partial charge on any atom is -0.377 e. The molecule has 1 fully saturated rings. The highest BCUT2D eigenvalue weighted by molar-refractivity contribution is 7.99. The van der Waals surface area contributed by atoms with E-state index in [1.807, 2.05) is 36.4 Å². The summed E-state index contributed by atoms with van der Waals surface area (Å²) in [6.45, 7) is 1.48. The summed E-state index contributed by atoms with van der Waals surface area (Å²) >= 11 is 1.72. The van der Waals surface area contributed by atoms with Crippen molar-refractivity contribution in [3.63, 3.8) is 0 Å². The van der Waals surface area contributed by atoms with Crippen LogP contribution in [0.1, 0.15) is 46.7 Å².